The summed E-state index contributed by atoms with van der Waals surface area (Å²) in [4.78, 5) is 10.7. The van der Waals surface area contributed by atoms with Gasteiger partial charge in [-0.05, 0) is 12.1 Å². The average molecular weight is 251 g/mol. The minimum atomic E-state index is -4.68. The van der Waals surface area contributed by atoms with Crippen LogP contribution in [0.25, 0.3) is 0 Å². The standard InChI is InChI=1S/C10H9F4NO2/c1-5(17)15-8-3-7(10(12,13)14)2-6(4-16)9(8)11/h2-3,16H,4H2,1H3,(H,15,17). The van der Waals surface area contributed by atoms with Gasteiger partial charge in [0.15, 0.2) is 5.82 Å². The number of amides is 1. The van der Waals surface area contributed by atoms with Crippen molar-refractivity contribution in [2.45, 2.75) is 19.7 Å². The van der Waals surface area contributed by atoms with Gasteiger partial charge in [-0.15, -0.1) is 0 Å². The van der Waals surface area contributed by atoms with Crippen molar-refractivity contribution >= 4 is 11.6 Å². The molecule has 0 aromatic heterocycles. The van der Waals surface area contributed by atoms with Crippen LogP contribution in [0.2, 0.25) is 0 Å². The molecular weight excluding hydrogens is 242 g/mol. The third-order valence-corrected chi connectivity index (χ3v) is 1.96. The smallest absolute Gasteiger partial charge is 0.392 e. The van der Waals surface area contributed by atoms with E-state index in [4.69, 9.17) is 5.11 Å². The number of benzene rings is 1. The molecule has 1 rings (SSSR count). The predicted molar refractivity (Wildman–Crippen MR) is 51.6 cm³/mol. The van der Waals surface area contributed by atoms with E-state index in [1.54, 1.807) is 0 Å². The van der Waals surface area contributed by atoms with Gasteiger partial charge in [-0.25, -0.2) is 4.39 Å². The third kappa shape index (κ3) is 3.16. The number of alkyl halides is 3. The largest absolute Gasteiger partial charge is 0.416 e. The molecular formula is C10H9F4NO2. The number of carbonyl (C=O) groups excluding carboxylic acids is 1. The van der Waals surface area contributed by atoms with Crippen LogP contribution in [-0.2, 0) is 17.6 Å². The topological polar surface area (TPSA) is 49.3 Å². The summed E-state index contributed by atoms with van der Waals surface area (Å²) in [6.45, 7) is 0.153. The second-order valence-corrected chi connectivity index (χ2v) is 3.33. The average Bonchev–Trinajstić information content (AvgIpc) is 2.18. The van der Waals surface area contributed by atoms with Crippen molar-refractivity contribution in [3.8, 4) is 0 Å². The zero-order chi connectivity index (χ0) is 13.2. The maximum atomic E-state index is 13.5. The molecule has 1 amide bonds. The molecule has 3 nitrogen and oxygen atoms in total. The van der Waals surface area contributed by atoms with Gasteiger partial charge in [0.2, 0.25) is 5.91 Å². The van der Waals surface area contributed by atoms with Crippen LogP contribution in [0.4, 0.5) is 23.2 Å². The minimum Gasteiger partial charge on any atom is -0.392 e. The molecule has 0 fully saturated rings. The highest BCUT2D eigenvalue weighted by atomic mass is 19.4. The van der Waals surface area contributed by atoms with E-state index < -0.39 is 41.3 Å². The summed E-state index contributed by atoms with van der Waals surface area (Å²) in [5, 5.41) is 10.7. The van der Waals surface area contributed by atoms with Crippen LogP contribution in [0.1, 0.15) is 18.1 Å². The number of aliphatic hydroxyl groups excluding tert-OH is 1. The molecule has 0 aliphatic heterocycles. The number of hydrogen-bond acceptors (Lipinski definition) is 2. The lowest BCUT2D eigenvalue weighted by molar-refractivity contribution is -0.137. The number of hydrogen-bond donors (Lipinski definition) is 2. The lowest BCUT2D eigenvalue weighted by Gasteiger charge is -2.13. The van der Waals surface area contributed by atoms with Crippen molar-refractivity contribution in [3.05, 3.63) is 29.1 Å². The van der Waals surface area contributed by atoms with E-state index in [2.05, 4.69) is 0 Å². The summed E-state index contributed by atoms with van der Waals surface area (Å²) in [6, 6.07) is 0.983. The van der Waals surface area contributed by atoms with E-state index in [0.717, 1.165) is 6.92 Å². The van der Waals surface area contributed by atoms with Gasteiger partial charge in [0.05, 0.1) is 17.9 Å². The lowest BCUT2D eigenvalue weighted by Crippen LogP contribution is -2.13. The van der Waals surface area contributed by atoms with Gasteiger partial charge in [-0.2, -0.15) is 13.2 Å². The fourth-order valence-electron chi connectivity index (χ4n) is 1.24. The molecule has 17 heavy (non-hydrogen) atoms. The number of halogens is 4. The number of carbonyl (C=O) groups is 1. The van der Waals surface area contributed by atoms with Gasteiger partial charge >= 0.3 is 6.18 Å². The Morgan fingerprint density at radius 1 is 1.41 bits per heavy atom. The first kappa shape index (κ1) is 13.4. The number of nitrogens with one attached hydrogen (secondary N) is 1. The van der Waals surface area contributed by atoms with Crippen LogP contribution in [0.3, 0.4) is 0 Å². The molecule has 0 spiro atoms. The van der Waals surface area contributed by atoms with Crippen molar-refractivity contribution in [1.29, 1.82) is 0 Å². The predicted octanol–water partition coefficient (Wildman–Crippen LogP) is 2.30. The Labute approximate surface area is 94.1 Å². The molecule has 1 aromatic carbocycles. The summed E-state index contributed by atoms with van der Waals surface area (Å²) < 4.78 is 50.8. The highest BCUT2D eigenvalue weighted by Gasteiger charge is 2.32. The van der Waals surface area contributed by atoms with Gasteiger partial charge in [0.25, 0.3) is 0 Å². The van der Waals surface area contributed by atoms with Crippen LogP contribution in [0.15, 0.2) is 12.1 Å². The molecule has 1 aromatic rings. The fraction of sp³-hybridized carbons (Fsp3) is 0.300. The van der Waals surface area contributed by atoms with Gasteiger partial charge < -0.3 is 10.4 Å². The Morgan fingerprint density at radius 3 is 2.41 bits per heavy atom. The molecule has 0 saturated carbocycles. The lowest BCUT2D eigenvalue weighted by atomic mass is 10.1. The first-order valence-corrected chi connectivity index (χ1v) is 4.53. The van der Waals surface area contributed by atoms with Crippen LogP contribution in [0, 0.1) is 5.82 Å². The summed E-state index contributed by atoms with van der Waals surface area (Å²) in [5.74, 6) is -1.78. The zero-order valence-electron chi connectivity index (χ0n) is 8.73. The molecule has 0 radical (unpaired) electrons. The maximum absolute atomic E-state index is 13.5. The van der Waals surface area contributed by atoms with Gasteiger partial charge in [-0.1, -0.05) is 0 Å². The van der Waals surface area contributed by atoms with Crippen LogP contribution in [-0.4, -0.2) is 11.0 Å². The Balaban J connectivity index is 3.33. The van der Waals surface area contributed by atoms with Crippen molar-refractivity contribution in [2.24, 2.45) is 0 Å². The Morgan fingerprint density at radius 2 is 2.00 bits per heavy atom. The second-order valence-electron chi connectivity index (χ2n) is 3.33. The Kier molecular flexibility index (Phi) is 3.72. The molecule has 0 atom stereocenters. The van der Waals surface area contributed by atoms with Crippen LogP contribution < -0.4 is 5.32 Å². The van der Waals surface area contributed by atoms with Crippen molar-refractivity contribution in [1.82, 2.24) is 0 Å². The molecule has 0 aliphatic rings. The van der Waals surface area contributed by atoms with Gasteiger partial charge in [0, 0.05) is 12.5 Å². The number of anilines is 1. The van der Waals surface area contributed by atoms with E-state index >= 15 is 0 Å². The molecule has 7 heteroatoms. The summed E-state index contributed by atoms with van der Waals surface area (Å²) in [6.07, 6.45) is -4.68. The molecule has 0 heterocycles. The summed E-state index contributed by atoms with van der Waals surface area (Å²) in [7, 11) is 0. The normalized spacial score (nSPS) is 11.4. The first-order chi connectivity index (χ1) is 7.75. The van der Waals surface area contributed by atoms with Gasteiger partial charge in [0.1, 0.15) is 0 Å². The van der Waals surface area contributed by atoms with Gasteiger partial charge in [-0.3, -0.25) is 4.79 Å². The monoisotopic (exact) mass is 251 g/mol. The van der Waals surface area contributed by atoms with E-state index in [1.165, 1.54) is 0 Å². The SMILES string of the molecule is CC(=O)Nc1cc(C(F)(F)F)cc(CO)c1F. The molecule has 0 bridgehead atoms. The third-order valence-electron chi connectivity index (χ3n) is 1.96. The molecule has 94 valence electrons. The van der Waals surface area contributed by atoms with E-state index in [0.29, 0.717) is 12.1 Å². The highest BCUT2D eigenvalue weighted by Crippen LogP contribution is 2.33. The Bertz CT molecular complexity index is 443. The van der Waals surface area contributed by atoms with Crippen LogP contribution in [0.5, 0.6) is 0 Å². The van der Waals surface area contributed by atoms with Crippen molar-refractivity contribution < 1.29 is 27.5 Å². The maximum Gasteiger partial charge on any atom is 0.416 e. The van der Waals surface area contributed by atoms with Crippen molar-refractivity contribution in [3.63, 3.8) is 0 Å². The van der Waals surface area contributed by atoms with E-state index in [1.807, 2.05) is 5.32 Å². The highest BCUT2D eigenvalue weighted by molar-refractivity contribution is 5.89. The molecule has 0 unspecified atom stereocenters. The fourth-order valence-corrected chi connectivity index (χ4v) is 1.24. The summed E-state index contributed by atoms with van der Waals surface area (Å²) >= 11 is 0. The van der Waals surface area contributed by atoms with E-state index in [-0.39, 0.29) is 0 Å². The van der Waals surface area contributed by atoms with Crippen LogP contribution >= 0.6 is 0 Å². The zero-order valence-corrected chi connectivity index (χ0v) is 8.73. The quantitative estimate of drug-likeness (QED) is 0.792. The number of aliphatic hydroxyl groups is 1. The minimum absolute atomic E-state index is 0.482. The summed E-state index contributed by atoms with van der Waals surface area (Å²) in [5.41, 5.74) is -2.26. The first-order valence-electron chi connectivity index (χ1n) is 4.53. The van der Waals surface area contributed by atoms with Crippen molar-refractivity contribution in [2.75, 3.05) is 5.32 Å². The number of rotatable bonds is 2. The second kappa shape index (κ2) is 4.70. The molecule has 0 saturated heterocycles. The van der Waals surface area contributed by atoms with E-state index in [9.17, 15) is 22.4 Å². The molecule has 2 N–H and O–H groups in total. The molecule has 0 aliphatic carbocycles. The Hall–Kier alpha value is -1.63.